The van der Waals surface area contributed by atoms with Gasteiger partial charge >= 0.3 is 0 Å². The molecule has 0 saturated carbocycles. The van der Waals surface area contributed by atoms with Crippen LogP contribution in [0.5, 0.6) is 11.5 Å². The summed E-state index contributed by atoms with van der Waals surface area (Å²) in [6, 6.07) is 19.2. The average molecular weight is 455 g/mol. The van der Waals surface area contributed by atoms with Gasteiger partial charge in [0.2, 0.25) is 0 Å². The molecule has 32 heavy (non-hydrogen) atoms. The predicted octanol–water partition coefficient (Wildman–Crippen LogP) is 5.03. The maximum Gasteiger partial charge on any atom is 0.253 e. The van der Waals surface area contributed by atoms with E-state index in [1.54, 1.807) is 54.5 Å². The van der Waals surface area contributed by atoms with E-state index in [9.17, 15) is 9.18 Å². The van der Waals surface area contributed by atoms with Gasteiger partial charge in [-0.05, 0) is 48.5 Å². The first-order chi connectivity index (χ1) is 15.5. The quantitative estimate of drug-likeness (QED) is 0.524. The highest BCUT2D eigenvalue weighted by Gasteiger charge is 2.24. The van der Waals surface area contributed by atoms with Crippen LogP contribution in [-0.4, -0.2) is 44.1 Å². The van der Waals surface area contributed by atoms with Crippen LogP contribution in [0.25, 0.3) is 0 Å². The Bertz CT molecular complexity index is 1100. The number of ether oxygens (including phenoxy) is 2. The fourth-order valence-corrected chi connectivity index (χ4v) is 3.96. The molecular formula is C25H24ClFN2O3. The lowest BCUT2D eigenvalue weighted by Gasteiger charge is -2.36. The van der Waals surface area contributed by atoms with Crippen molar-refractivity contribution in [3.8, 4) is 11.5 Å². The van der Waals surface area contributed by atoms with Gasteiger partial charge in [0.25, 0.3) is 5.91 Å². The zero-order valence-electron chi connectivity index (χ0n) is 17.8. The molecule has 0 bridgehead atoms. The third kappa shape index (κ3) is 4.97. The monoisotopic (exact) mass is 454 g/mol. The summed E-state index contributed by atoms with van der Waals surface area (Å²) in [6.45, 7) is 2.44. The van der Waals surface area contributed by atoms with Crippen LogP contribution in [0.15, 0.2) is 66.7 Å². The number of hydrogen-bond donors (Lipinski definition) is 0. The third-order valence-corrected chi connectivity index (χ3v) is 5.71. The van der Waals surface area contributed by atoms with E-state index in [1.165, 1.54) is 6.07 Å². The number of anilines is 1. The van der Waals surface area contributed by atoms with Crippen LogP contribution >= 0.6 is 11.6 Å². The number of methoxy groups -OCH3 is 1. The maximum atomic E-state index is 14.1. The van der Waals surface area contributed by atoms with Crippen LogP contribution in [0.1, 0.15) is 15.9 Å². The fraction of sp³-hybridized carbons (Fsp3) is 0.240. The molecule has 1 aliphatic heterocycles. The molecule has 7 heteroatoms. The largest absolute Gasteiger partial charge is 0.496 e. The van der Waals surface area contributed by atoms with Gasteiger partial charge in [0.15, 0.2) is 0 Å². The van der Waals surface area contributed by atoms with Crippen molar-refractivity contribution < 1.29 is 18.7 Å². The van der Waals surface area contributed by atoms with E-state index in [0.29, 0.717) is 54.0 Å². The zero-order chi connectivity index (χ0) is 22.5. The van der Waals surface area contributed by atoms with Gasteiger partial charge in [-0.1, -0.05) is 29.8 Å². The number of para-hydroxylation sites is 1. The topological polar surface area (TPSA) is 42.0 Å². The highest BCUT2D eigenvalue weighted by atomic mass is 35.5. The van der Waals surface area contributed by atoms with E-state index >= 15 is 0 Å². The summed E-state index contributed by atoms with van der Waals surface area (Å²) in [4.78, 5) is 16.9. The molecule has 3 aromatic rings. The number of hydrogen-bond acceptors (Lipinski definition) is 4. The summed E-state index contributed by atoms with van der Waals surface area (Å²) in [5.74, 6) is 0.977. The SMILES string of the molecule is COc1ccc(C(=O)N2CCN(c3ccccc3F)CC2)cc1COc1cccc(Cl)c1. The van der Waals surface area contributed by atoms with Crippen molar-refractivity contribution in [3.63, 3.8) is 0 Å². The lowest BCUT2D eigenvalue weighted by Crippen LogP contribution is -2.49. The molecule has 4 rings (SSSR count). The number of carbonyl (C=O) groups excluding carboxylic acids is 1. The van der Waals surface area contributed by atoms with Gasteiger partial charge in [0.1, 0.15) is 23.9 Å². The summed E-state index contributed by atoms with van der Waals surface area (Å²) in [7, 11) is 1.58. The van der Waals surface area contributed by atoms with Gasteiger partial charge in [-0.15, -0.1) is 0 Å². The van der Waals surface area contributed by atoms with Gasteiger partial charge in [0, 0.05) is 42.3 Å². The Morgan fingerprint density at radius 1 is 1.00 bits per heavy atom. The Hall–Kier alpha value is -3.25. The molecule has 1 aliphatic rings. The summed E-state index contributed by atoms with van der Waals surface area (Å²) in [5.41, 5.74) is 1.91. The Morgan fingerprint density at radius 3 is 2.50 bits per heavy atom. The number of piperazine rings is 1. The molecule has 0 aliphatic carbocycles. The Labute approximate surface area is 191 Å². The van der Waals surface area contributed by atoms with Gasteiger partial charge < -0.3 is 19.3 Å². The Kier molecular flexibility index (Phi) is 6.81. The molecule has 166 valence electrons. The van der Waals surface area contributed by atoms with Gasteiger partial charge in [0.05, 0.1) is 12.8 Å². The predicted molar refractivity (Wildman–Crippen MR) is 123 cm³/mol. The second kappa shape index (κ2) is 9.92. The van der Waals surface area contributed by atoms with E-state index in [0.717, 1.165) is 5.56 Å². The number of halogens is 2. The van der Waals surface area contributed by atoms with Crippen LogP contribution in [-0.2, 0) is 6.61 Å². The van der Waals surface area contributed by atoms with Gasteiger partial charge in [-0.2, -0.15) is 0 Å². The van der Waals surface area contributed by atoms with E-state index in [4.69, 9.17) is 21.1 Å². The molecule has 0 atom stereocenters. The first kappa shape index (κ1) is 22.0. The molecule has 0 spiro atoms. The van der Waals surface area contributed by atoms with Gasteiger partial charge in [-0.3, -0.25) is 4.79 Å². The molecule has 1 amide bonds. The average Bonchev–Trinajstić information content (AvgIpc) is 2.82. The maximum absolute atomic E-state index is 14.1. The molecule has 1 heterocycles. The minimum atomic E-state index is -0.244. The minimum absolute atomic E-state index is 0.0650. The smallest absolute Gasteiger partial charge is 0.253 e. The van der Waals surface area contributed by atoms with Crippen molar-refractivity contribution in [2.24, 2.45) is 0 Å². The van der Waals surface area contributed by atoms with Crippen molar-refractivity contribution >= 4 is 23.2 Å². The van der Waals surface area contributed by atoms with Crippen LogP contribution < -0.4 is 14.4 Å². The molecule has 0 N–H and O–H groups in total. The molecule has 0 unspecified atom stereocenters. The number of benzene rings is 3. The summed E-state index contributed by atoms with van der Waals surface area (Å²) in [5, 5.41) is 0.591. The zero-order valence-corrected chi connectivity index (χ0v) is 18.5. The van der Waals surface area contributed by atoms with Crippen LogP contribution in [0.2, 0.25) is 5.02 Å². The van der Waals surface area contributed by atoms with Crippen molar-refractivity contribution in [1.82, 2.24) is 4.90 Å². The lowest BCUT2D eigenvalue weighted by atomic mass is 10.1. The van der Waals surface area contributed by atoms with Gasteiger partial charge in [-0.25, -0.2) is 4.39 Å². The molecule has 1 saturated heterocycles. The van der Waals surface area contributed by atoms with Crippen molar-refractivity contribution in [1.29, 1.82) is 0 Å². The molecule has 5 nitrogen and oxygen atoms in total. The highest BCUT2D eigenvalue weighted by molar-refractivity contribution is 6.30. The Morgan fingerprint density at radius 2 is 1.78 bits per heavy atom. The molecular weight excluding hydrogens is 431 g/mol. The third-order valence-electron chi connectivity index (χ3n) is 5.48. The first-order valence-corrected chi connectivity index (χ1v) is 10.8. The van der Waals surface area contributed by atoms with E-state index in [1.807, 2.05) is 23.1 Å². The second-order valence-electron chi connectivity index (χ2n) is 7.50. The lowest BCUT2D eigenvalue weighted by molar-refractivity contribution is 0.0746. The van der Waals surface area contributed by atoms with Crippen LogP contribution in [0.4, 0.5) is 10.1 Å². The number of carbonyl (C=O) groups is 1. The highest BCUT2D eigenvalue weighted by Crippen LogP contribution is 2.25. The number of amides is 1. The number of rotatable bonds is 6. The second-order valence-corrected chi connectivity index (χ2v) is 7.94. The normalized spacial score (nSPS) is 13.7. The van der Waals surface area contributed by atoms with E-state index in [-0.39, 0.29) is 18.3 Å². The fourth-order valence-electron chi connectivity index (χ4n) is 3.78. The van der Waals surface area contributed by atoms with Crippen molar-refractivity contribution in [2.75, 3.05) is 38.2 Å². The van der Waals surface area contributed by atoms with Crippen molar-refractivity contribution in [2.45, 2.75) is 6.61 Å². The summed E-state index contributed by atoms with van der Waals surface area (Å²) < 4.78 is 25.4. The molecule has 0 radical (unpaired) electrons. The summed E-state index contributed by atoms with van der Waals surface area (Å²) in [6.07, 6.45) is 0. The van der Waals surface area contributed by atoms with Crippen molar-refractivity contribution in [3.05, 3.63) is 88.7 Å². The number of nitrogens with zero attached hydrogens (tertiary/aromatic N) is 2. The molecule has 1 fully saturated rings. The Balaban J connectivity index is 1.43. The first-order valence-electron chi connectivity index (χ1n) is 10.4. The van der Waals surface area contributed by atoms with E-state index < -0.39 is 0 Å². The van der Waals surface area contributed by atoms with E-state index in [2.05, 4.69) is 0 Å². The van der Waals surface area contributed by atoms with Crippen LogP contribution in [0, 0.1) is 5.82 Å². The molecule has 3 aromatic carbocycles. The minimum Gasteiger partial charge on any atom is -0.496 e. The summed E-state index contributed by atoms with van der Waals surface area (Å²) >= 11 is 6.02. The van der Waals surface area contributed by atoms with Crippen LogP contribution in [0.3, 0.4) is 0 Å². The molecule has 0 aromatic heterocycles. The standard InChI is InChI=1S/C25H24ClFN2O3/c1-31-24-10-9-18(15-19(24)17-32-21-6-4-5-20(26)16-21)25(30)29-13-11-28(12-14-29)23-8-3-2-7-22(23)27/h2-10,15-16H,11-14,17H2,1H3.